The minimum atomic E-state index is -0.550. The van der Waals surface area contributed by atoms with E-state index in [2.05, 4.69) is 26.1 Å². The van der Waals surface area contributed by atoms with Crippen LogP contribution in [0.25, 0.3) is 0 Å². The number of nitrogens with one attached hydrogen (secondary N) is 1. The van der Waals surface area contributed by atoms with Gasteiger partial charge in [-0.05, 0) is 39.0 Å². The van der Waals surface area contributed by atoms with Crippen LogP contribution in [0.2, 0.25) is 0 Å². The van der Waals surface area contributed by atoms with Crippen LogP contribution in [0.5, 0.6) is 0 Å². The summed E-state index contributed by atoms with van der Waals surface area (Å²) in [7, 11) is 0. The topological polar surface area (TPSA) is 32.3 Å². The van der Waals surface area contributed by atoms with E-state index in [1.165, 1.54) is 12.8 Å². The van der Waals surface area contributed by atoms with Crippen molar-refractivity contribution in [2.24, 2.45) is 5.92 Å². The molecular formula is C12H27NO. The Hall–Kier alpha value is -0.0800. The summed E-state index contributed by atoms with van der Waals surface area (Å²) >= 11 is 0. The van der Waals surface area contributed by atoms with Crippen molar-refractivity contribution < 1.29 is 5.11 Å². The van der Waals surface area contributed by atoms with Gasteiger partial charge in [0.05, 0.1) is 5.60 Å². The van der Waals surface area contributed by atoms with Crippen molar-refractivity contribution in [1.29, 1.82) is 0 Å². The maximum Gasteiger partial charge on any atom is 0.0741 e. The van der Waals surface area contributed by atoms with E-state index in [1.807, 2.05) is 13.8 Å². The van der Waals surface area contributed by atoms with E-state index in [0.29, 0.717) is 12.6 Å². The monoisotopic (exact) mass is 201 g/mol. The first-order valence-corrected chi connectivity index (χ1v) is 5.83. The summed E-state index contributed by atoms with van der Waals surface area (Å²) in [5.41, 5.74) is -0.550. The first kappa shape index (κ1) is 13.9. The van der Waals surface area contributed by atoms with Gasteiger partial charge in [-0.2, -0.15) is 0 Å². The van der Waals surface area contributed by atoms with Gasteiger partial charge < -0.3 is 10.4 Å². The maximum absolute atomic E-state index is 9.79. The van der Waals surface area contributed by atoms with E-state index in [4.69, 9.17) is 0 Å². The van der Waals surface area contributed by atoms with Crippen molar-refractivity contribution in [3.8, 4) is 0 Å². The molecule has 2 unspecified atom stereocenters. The molecule has 0 bridgehead atoms. The second-order valence-corrected chi connectivity index (χ2v) is 5.10. The number of aliphatic hydroxyl groups is 1. The van der Waals surface area contributed by atoms with Gasteiger partial charge in [0.1, 0.15) is 0 Å². The van der Waals surface area contributed by atoms with Crippen molar-refractivity contribution in [2.45, 2.75) is 65.5 Å². The molecule has 0 saturated carbocycles. The van der Waals surface area contributed by atoms with Crippen LogP contribution in [0.15, 0.2) is 0 Å². The van der Waals surface area contributed by atoms with E-state index in [9.17, 15) is 5.11 Å². The number of hydrogen-bond acceptors (Lipinski definition) is 2. The van der Waals surface area contributed by atoms with Crippen molar-refractivity contribution in [3.63, 3.8) is 0 Å². The predicted molar refractivity (Wildman–Crippen MR) is 62.5 cm³/mol. The third kappa shape index (κ3) is 7.34. The average Bonchev–Trinajstić information content (AvgIpc) is 2.11. The Bertz CT molecular complexity index is 143. The van der Waals surface area contributed by atoms with Crippen LogP contribution in [0.1, 0.15) is 53.9 Å². The summed E-state index contributed by atoms with van der Waals surface area (Å²) in [6, 6.07) is 0.510. The molecule has 2 heteroatoms. The van der Waals surface area contributed by atoms with Crippen LogP contribution in [0, 0.1) is 5.92 Å². The Morgan fingerprint density at radius 2 is 1.79 bits per heavy atom. The molecule has 2 N–H and O–H groups in total. The molecule has 2 nitrogen and oxygen atoms in total. The SMILES string of the molecule is CCC(C)(O)CNC(C)CCC(C)C. The van der Waals surface area contributed by atoms with Crippen LogP contribution < -0.4 is 5.32 Å². The Labute approximate surface area is 89.1 Å². The molecule has 0 heterocycles. The molecule has 0 rings (SSSR count). The zero-order valence-corrected chi connectivity index (χ0v) is 10.4. The quantitative estimate of drug-likeness (QED) is 0.663. The molecule has 14 heavy (non-hydrogen) atoms. The van der Waals surface area contributed by atoms with Crippen LogP contribution >= 0.6 is 0 Å². The molecule has 0 aromatic carbocycles. The second kappa shape index (κ2) is 6.41. The molecule has 0 aliphatic carbocycles. The summed E-state index contributed by atoms with van der Waals surface area (Å²) in [6.07, 6.45) is 3.25. The van der Waals surface area contributed by atoms with Gasteiger partial charge in [-0.1, -0.05) is 20.8 Å². The minimum absolute atomic E-state index is 0.510. The van der Waals surface area contributed by atoms with E-state index < -0.39 is 5.60 Å². The number of hydrogen-bond donors (Lipinski definition) is 2. The van der Waals surface area contributed by atoms with Crippen molar-refractivity contribution >= 4 is 0 Å². The molecule has 0 aromatic rings. The third-order valence-electron chi connectivity index (χ3n) is 2.77. The lowest BCUT2D eigenvalue weighted by Gasteiger charge is -2.24. The highest BCUT2D eigenvalue weighted by atomic mass is 16.3. The summed E-state index contributed by atoms with van der Waals surface area (Å²) in [5.74, 6) is 0.769. The fraction of sp³-hybridized carbons (Fsp3) is 1.00. The Kier molecular flexibility index (Phi) is 6.38. The van der Waals surface area contributed by atoms with Gasteiger partial charge >= 0.3 is 0 Å². The Morgan fingerprint density at radius 1 is 1.21 bits per heavy atom. The molecule has 0 saturated heterocycles. The lowest BCUT2D eigenvalue weighted by Crippen LogP contribution is -2.41. The number of rotatable bonds is 7. The van der Waals surface area contributed by atoms with Gasteiger partial charge in [0.2, 0.25) is 0 Å². The van der Waals surface area contributed by atoms with Crippen molar-refractivity contribution in [2.75, 3.05) is 6.54 Å². The third-order valence-corrected chi connectivity index (χ3v) is 2.77. The van der Waals surface area contributed by atoms with Gasteiger partial charge in [-0.15, -0.1) is 0 Å². The standard InChI is InChI=1S/C12H27NO/c1-6-12(5,14)9-13-11(4)8-7-10(2)3/h10-11,13-14H,6-9H2,1-5H3. The van der Waals surface area contributed by atoms with E-state index in [-0.39, 0.29) is 0 Å². The van der Waals surface area contributed by atoms with Gasteiger partial charge in [0.25, 0.3) is 0 Å². The highest BCUT2D eigenvalue weighted by Crippen LogP contribution is 2.09. The molecule has 0 aromatic heterocycles. The summed E-state index contributed by atoms with van der Waals surface area (Å²) in [4.78, 5) is 0. The Morgan fingerprint density at radius 3 is 2.21 bits per heavy atom. The van der Waals surface area contributed by atoms with Gasteiger partial charge in [0, 0.05) is 12.6 Å². The lowest BCUT2D eigenvalue weighted by atomic mass is 10.0. The predicted octanol–water partition coefficient (Wildman–Crippen LogP) is 2.56. The summed E-state index contributed by atoms with van der Waals surface area (Å²) in [6.45, 7) is 11.3. The van der Waals surface area contributed by atoms with Gasteiger partial charge in [-0.3, -0.25) is 0 Å². The zero-order valence-electron chi connectivity index (χ0n) is 10.4. The molecule has 86 valence electrons. The molecule has 0 fully saturated rings. The molecule has 0 amide bonds. The van der Waals surface area contributed by atoms with Gasteiger partial charge in [0.15, 0.2) is 0 Å². The van der Waals surface area contributed by atoms with E-state index in [1.54, 1.807) is 0 Å². The molecular weight excluding hydrogens is 174 g/mol. The first-order valence-electron chi connectivity index (χ1n) is 5.83. The van der Waals surface area contributed by atoms with Crippen LogP contribution in [-0.4, -0.2) is 23.3 Å². The largest absolute Gasteiger partial charge is 0.389 e. The smallest absolute Gasteiger partial charge is 0.0741 e. The fourth-order valence-corrected chi connectivity index (χ4v) is 1.20. The van der Waals surface area contributed by atoms with Gasteiger partial charge in [-0.25, -0.2) is 0 Å². The average molecular weight is 201 g/mol. The normalized spacial score (nSPS) is 18.2. The summed E-state index contributed by atoms with van der Waals surface area (Å²) < 4.78 is 0. The first-order chi connectivity index (χ1) is 6.37. The molecule has 2 atom stereocenters. The zero-order chi connectivity index (χ0) is 11.2. The van der Waals surface area contributed by atoms with E-state index >= 15 is 0 Å². The lowest BCUT2D eigenvalue weighted by molar-refractivity contribution is 0.0529. The van der Waals surface area contributed by atoms with Crippen LogP contribution in [0.3, 0.4) is 0 Å². The van der Waals surface area contributed by atoms with Crippen molar-refractivity contribution in [3.05, 3.63) is 0 Å². The molecule has 0 aliphatic heterocycles. The highest BCUT2D eigenvalue weighted by Gasteiger charge is 2.17. The summed E-state index contributed by atoms with van der Waals surface area (Å²) in [5, 5.41) is 13.2. The van der Waals surface area contributed by atoms with Crippen LogP contribution in [0.4, 0.5) is 0 Å². The molecule has 0 aliphatic rings. The molecule has 0 spiro atoms. The fourth-order valence-electron chi connectivity index (χ4n) is 1.20. The van der Waals surface area contributed by atoms with E-state index in [0.717, 1.165) is 12.3 Å². The highest BCUT2D eigenvalue weighted by molar-refractivity contribution is 4.75. The van der Waals surface area contributed by atoms with Crippen molar-refractivity contribution in [1.82, 2.24) is 5.32 Å². The van der Waals surface area contributed by atoms with Crippen LogP contribution in [-0.2, 0) is 0 Å². The molecule has 0 radical (unpaired) electrons. The second-order valence-electron chi connectivity index (χ2n) is 5.10. The Balaban J connectivity index is 3.58. The maximum atomic E-state index is 9.79. The minimum Gasteiger partial charge on any atom is -0.389 e.